The summed E-state index contributed by atoms with van der Waals surface area (Å²) in [4.78, 5) is 47.9. The van der Waals surface area contributed by atoms with Crippen molar-refractivity contribution >= 4 is 35.1 Å². The number of hydrogen-bond acceptors (Lipinski definition) is 9. The molecule has 0 radical (unpaired) electrons. The molecule has 3 saturated heterocycles. The van der Waals surface area contributed by atoms with Crippen LogP contribution >= 0.6 is 0 Å². The van der Waals surface area contributed by atoms with Gasteiger partial charge in [0.15, 0.2) is 5.65 Å². The number of carbonyl (C=O) groups is 2. The zero-order chi connectivity index (χ0) is 28.3. The molecule has 3 amide bonds. The van der Waals surface area contributed by atoms with Gasteiger partial charge in [0.05, 0.1) is 42.8 Å². The minimum atomic E-state index is 0.142. The van der Waals surface area contributed by atoms with Crippen molar-refractivity contribution in [1.29, 1.82) is 0 Å². The Bertz CT molecular complexity index is 1360. The topological polar surface area (TPSA) is 123 Å². The molecule has 0 bridgehead atoms. The molecule has 41 heavy (non-hydrogen) atoms. The van der Waals surface area contributed by atoms with Crippen LogP contribution in [0.15, 0.2) is 24.3 Å². The molecule has 6 rings (SSSR count). The Morgan fingerprint density at radius 1 is 1.00 bits per heavy atom. The van der Waals surface area contributed by atoms with Crippen LogP contribution in [0.5, 0.6) is 0 Å². The molecule has 1 aromatic carbocycles. The summed E-state index contributed by atoms with van der Waals surface area (Å²) in [5, 5.41) is 10.0. The van der Waals surface area contributed by atoms with Crippen LogP contribution < -0.4 is 9.96 Å². The number of H-pyrrole nitrogens is 1. The summed E-state index contributed by atoms with van der Waals surface area (Å²) in [6.45, 7) is 7.46. The number of rotatable bonds is 6. The summed E-state index contributed by atoms with van der Waals surface area (Å²) < 4.78 is 5.54. The van der Waals surface area contributed by atoms with Crippen LogP contribution in [0.4, 0.5) is 16.4 Å². The Morgan fingerprint density at radius 3 is 2.34 bits per heavy atom. The predicted molar refractivity (Wildman–Crippen MR) is 154 cm³/mol. The Balaban J connectivity index is 1.29. The molecular formula is C28H37N9O4. The summed E-state index contributed by atoms with van der Waals surface area (Å²) in [5.74, 6) is 0.810. The first-order chi connectivity index (χ1) is 20.1. The minimum absolute atomic E-state index is 0.142. The number of carbonyl (C=O) groups excluding carboxylic acids is 2. The summed E-state index contributed by atoms with van der Waals surface area (Å²) in [6, 6.07) is 7.67. The molecule has 0 saturated carbocycles. The van der Waals surface area contributed by atoms with Crippen LogP contribution in [0.25, 0.3) is 22.3 Å². The monoisotopic (exact) mass is 563 g/mol. The maximum atomic E-state index is 13.2. The number of likely N-dealkylation sites (tertiary alicyclic amines) is 1. The van der Waals surface area contributed by atoms with Crippen molar-refractivity contribution in [3.05, 3.63) is 30.0 Å². The van der Waals surface area contributed by atoms with Gasteiger partial charge in [-0.2, -0.15) is 15.1 Å². The lowest BCUT2D eigenvalue weighted by Gasteiger charge is -2.38. The van der Waals surface area contributed by atoms with Crippen molar-refractivity contribution in [2.24, 2.45) is 0 Å². The smallest absolute Gasteiger partial charge is 0.320 e. The summed E-state index contributed by atoms with van der Waals surface area (Å²) >= 11 is 0. The largest absolute Gasteiger partial charge is 0.378 e. The van der Waals surface area contributed by atoms with Gasteiger partial charge in [0.25, 0.3) is 0 Å². The molecule has 0 spiro atoms. The van der Waals surface area contributed by atoms with Crippen molar-refractivity contribution in [2.45, 2.75) is 18.8 Å². The maximum absolute atomic E-state index is 13.2. The second-order valence-corrected chi connectivity index (χ2v) is 10.8. The third kappa shape index (κ3) is 5.56. The fourth-order valence-corrected chi connectivity index (χ4v) is 5.87. The number of amides is 3. The maximum Gasteiger partial charge on any atom is 0.320 e. The van der Waals surface area contributed by atoms with E-state index in [1.54, 1.807) is 0 Å². The molecule has 0 atom stereocenters. The van der Waals surface area contributed by atoms with Crippen LogP contribution in [0.2, 0.25) is 0 Å². The molecule has 218 valence electrons. The normalized spacial score (nSPS) is 19.1. The molecule has 3 aromatic rings. The van der Waals surface area contributed by atoms with Crippen molar-refractivity contribution in [3.8, 4) is 11.3 Å². The second-order valence-electron chi connectivity index (χ2n) is 10.8. The van der Waals surface area contributed by atoms with Crippen LogP contribution in [0.1, 0.15) is 24.5 Å². The molecular weight excluding hydrogens is 526 g/mol. The number of morpholine rings is 1. The zero-order valence-corrected chi connectivity index (χ0v) is 23.7. The number of benzene rings is 1. The zero-order valence-electron chi connectivity index (χ0n) is 23.7. The van der Waals surface area contributed by atoms with Gasteiger partial charge in [0, 0.05) is 63.8 Å². The first-order valence-corrected chi connectivity index (χ1v) is 14.3. The van der Waals surface area contributed by atoms with Gasteiger partial charge in [-0.3, -0.25) is 14.7 Å². The Morgan fingerprint density at radius 2 is 1.68 bits per heavy atom. The number of piperidine rings is 1. The number of hydroxylamine groups is 1. The van der Waals surface area contributed by atoms with Gasteiger partial charge in [-0.1, -0.05) is 12.1 Å². The van der Waals surface area contributed by atoms with E-state index in [1.807, 2.05) is 34.1 Å². The summed E-state index contributed by atoms with van der Waals surface area (Å²) in [5.41, 5.74) is 3.93. The van der Waals surface area contributed by atoms with Gasteiger partial charge in [-0.15, -0.1) is 0 Å². The first kappa shape index (κ1) is 27.4. The van der Waals surface area contributed by atoms with E-state index in [-0.39, 0.29) is 11.9 Å². The van der Waals surface area contributed by atoms with Crippen molar-refractivity contribution in [2.75, 3.05) is 89.7 Å². The van der Waals surface area contributed by atoms with Gasteiger partial charge in [-0.25, -0.2) is 9.78 Å². The quantitative estimate of drug-likeness (QED) is 0.354. The molecule has 0 aliphatic carbocycles. The number of hydrogen-bond donors (Lipinski definition) is 1. The second kappa shape index (κ2) is 12.0. The lowest BCUT2D eigenvalue weighted by Crippen LogP contribution is -2.53. The summed E-state index contributed by atoms with van der Waals surface area (Å²) in [7, 11) is 3.55. The highest BCUT2D eigenvalue weighted by Crippen LogP contribution is 2.37. The van der Waals surface area contributed by atoms with E-state index in [1.165, 1.54) is 12.2 Å². The van der Waals surface area contributed by atoms with Crippen molar-refractivity contribution in [3.63, 3.8) is 0 Å². The number of nitrogens with one attached hydrogen (secondary N) is 1. The number of nitrogens with zero attached hydrogens (tertiary/aromatic N) is 8. The number of aromatic nitrogens is 4. The van der Waals surface area contributed by atoms with E-state index in [2.05, 4.69) is 21.9 Å². The average Bonchev–Trinajstić information content (AvgIpc) is 3.46. The van der Waals surface area contributed by atoms with Gasteiger partial charge in [0.2, 0.25) is 12.4 Å². The number of piperazine rings is 1. The molecule has 0 unspecified atom stereocenters. The summed E-state index contributed by atoms with van der Waals surface area (Å²) in [6.07, 6.45) is 2.28. The lowest BCUT2D eigenvalue weighted by molar-refractivity contribution is -0.112. The highest BCUT2D eigenvalue weighted by Gasteiger charge is 2.31. The Hall–Kier alpha value is -3.81. The van der Waals surface area contributed by atoms with E-state index < -0.39 is 0 Å². The molecule has 13 heteroatoms. The molecule has 3 aliphatic rings. The molecule has 1 N–H and O–H groups in total. The first-order valence-electron chi connectivity index (χ1n) is 14.3. The van der Waals surface area contributed by atoms with E-state index >= 15 is 0 Å². The third-order valence-corrected chi connectivity index (χ3v) is 8.34. The number of likely N-dealkylation sites (N-methyl/N-ethyl adjacent to an activating group) is 1. The van der Waals surface area contributed by atoms with Crippen molar-refractivity contribution < 1.29 is 19.2 Å². The van der Waals surface area contributed by atoms with Gasteiger partial charge >= 0.3 is 6.03 Å². The van der Waals surface area contributed by atoms with E-state index in [4.69, 9.17) is 24.6 Å². The predicted octanol–water partition coefficient (Wildman–Crippen LogP) is 1.93. The highest BCUT2D eigenvalue weighted by atomic mass is 16.7. The lowest BCUT2D eigenvalue weighted by atomic mass is 9.91. The van der Waals surface area contributed by atoms with Gasteiger partial charge < -0.3 is 24.3 Å². The molecule has 3 fully saturated rings. The molecule has 2 aromatic heterocycles. The third-order valence-electron chi connectivity index (χ3n) is 8.34. The Labute approximate surface area is 238 Å². The minimum Gasteiger partial charge on any atom is -0.378 e. The van der Waals surface area contributed by atoms with Crippen LogP contribution in [-0.4, -0.2) is 127 Å². The van der Waals surface area contributed by atoms with Crippen LogP contribution in [-0.2, 0) is 14.4 Å². The van der Waals surface area contributed by atoms with E-state index in [0.29, 0.717) is 63.1 Å². The number of ether oxygens (including phenoxy) is 1. The standard InChI is InChI=1S/C28H37N9O4/c1-33-11-13-36(14-12-33)28(39)35-9-7-21(8-10-35)25-23-24(20-3-5-22(6-4-20)37(19-38)40-2)29-27(30-26(23)32-31-25)34-15-17-41-18-16-34/h3-6,19,21H,7-18H2,1-2H3,(H,29,30,31,32). The molecule has 3 aliphatic heterocycles. The fourth-order valence-electron chi connectivity index (χ4n) is 5.87. The van der Waals surface area contributed by atoms with Crippen molar-refractivity contribution in [1.82, 2.24) is 34.9 Å². The highest BCUT2D eigenvalue weighted by molar-refractivity contribution is 5.94. The number of fused-ring (bicyclic) bond motifs is 1. The van der Waals surface area contributed by atoms with E-state index in [9.17, 15) is 9.59 Å². The van der Waals surface area contributed by atoms with E-state index in [0.717, 1.165) is 61.4 Å². The number of anilines is 2. The fraction of sp³-hybridized carbons (Fsp3) is 0.536. The van der Waals surface area contributed by atoms with Gasteiger partial charge in [-0.05, 0) is 32.0 Å². The number of aromatic amines is 1. The average molecular weight is 564 g/mol. The molecule has 5 heterocycles. The van der Waals surface area contributed by atoms with Crippen LogP contribution in [0, 0.1) is 0 Å². The SMILES string of the molecule is CON(C=O)c1ccc(-c2nc(N3CCOCC3)nc3[nH]nc(C4CCN(C(=O)N5CCN(C)CC5)CC4)c23)cc1. The Kier molecular flexibility index (Phi) is 7.99. The number of urea groups is 1. The van der Waals surface area contributed by atoms with Crippen LogP contribution in [0.3, 0.4) is 0 Å². The van der Waals surface area contributed by atoms with Gasteiger partial charge in [0.1, 0.15) is 0 Å². The molecule has 13 nitrogen and oxygen atoms in total.